The largest absolute Gasteiger partial charge is 0.277 e. The van der Waals surface area contributed by atoms with E-state index in [4.69, 9.17) is 16.9 Å². The van der Waals surface area contributed by atoms with E-state index < -0.39 is 0 Å². The van der Waals surface area contributed by atoms with Crippen LogP contribution < -0.4 is 5.43 Å². The molecule has 0 amide bonds. The molecule has 0 unspecified atom stereocenters. The van der Waals surface area contributed by atoms with Crippen molar-refractivity contribution in [2.24, 2.45) is 5.10 Å². The molecule has 0 aliphatic rings. The maximum Gasteiger partial charge on any atom is 0.156 e. The van der Waals surface area contributed by atoms with Crippen molar-refractivity contribution < 1.29 is 0 Å². The molecule has 0 fully saturated rings. The second kappa shape index (κ2) is 5.80. The fourth-order valence-corrected chi connectivity index (χ4v) is 1.46. The van der Waals surface area contributed by atoms with Gasteiger partial charge in [0, 0.05) is 18.0 Å². The number of nitriles is 1. The van der Waals surface area contributed by atoms with E-state index in [9.17, 15) is 0 Å². The van der Waals surface area contributed by atoms with Gasteiger partial charge in [0.2, 0.25) is 0 Å². The lowest BCUT2D eigenvalue weighted by atomic mass is 10.2. The third-order valence-electron chi connectivity index (χ3n) is 2.22. The van der Waals surface area contributed by atoms with Crippen molar-refractivity contribution in [1.82, 2.24) is 4.98 Å². The van der Waals surface area contributed by atoms with Gasteiger partial charge >= 0.3 is 0 Å². The Kier molecular flexibility index (Phi) is 3.90. The molecule has 1 heterocycles. The van der Waals surface area contributed by atoms with Crippen LogP contribution in [0.2, 0.25) is 0 Å². The number of rotatable bonds is 3. The van der Waals surface area contributed by atoms with Gasteiger partial charge < -0.3 is 0 Å². The third kappa shape index (κ3) is 3.06. The van der Waals surface area contributed by atoms with Crippen molar-refractivity contribution in [1.29, 1.82) is 5.26 Å². The zero-order chi connectivity index (χ0) is 12.8. The van der Waals surface area contributed by atoms with Crippen molar-refractivity contribution in [2.75, 3.05) is 5.43 Å². The van der Waals surface area contributed by atoms with Crippen molar-refractivity contribution in [2.45, 2.75) is 0 Å². The lowest BCUT2D eigenvalue weighted by Crippen LogP contribution is -1.97. The van der Waals surface area contributed by atoms with Gasteiger partial charge in [0.05, 0.1) is 17.3 Å². The summed E-state index contributed by atoms with van der Waals surface area (Å²) < 4.78 is 0. The SMILES string of the molecule is N#Cc1ccc(N/N=C(/Cl)c2ccncc2)cc1. The second-order valence-electron chi connectivity index (χ2n) is 3.44. The Bertz CT molecular complexity index is 585. The molecular weight excluding hydrogens is 248 g/mol. The maximum atomic E-state index is 8.67. The van der Waals surface area contributed by atoms with Gasteiger partial charge in [0.15, 0.2) is 5.17 Å². The smallest absolute Gasteiger partial charge is 0.156 e. The highest BCUT2D eigenvalue weighted by Crippen LogP contribution is 2.10. The second-order valence-corrected chi connectivity index (χ2v) is 3.80. The van der Waals surface area contributed by atoms with Crippen LogP contribution in [-0.4, -0.2) is 10.2 Å². The van der Waals surface area contributed by atoms with E-state index in [-0.39, 0.29) is 0 Å². The van der Waals surface area contributed by atoms with Gasteiger partial charge in [0.25, 0.3) is 0 Å². The number of hydrogen-bond donors (Lipinski definition) is 1. The van der Waals surface area contributed by atoms with E-state index in [1.165, 1.54) is 0 Å². The van der Waals surface area contributed by atoms with E-state index in [1.807, 2.05) is 6.07 Å². The van der Waals surface area contributed by atoms with Crippen LogP contribution in [0.25, 0.3) is 0 Å². The van der Waals surface area contributed by atoms with Crippen LogP contribution in [0.1, 0.15) is 11.1 Å². The molecule has 18 heavy (non-hydrogen) atoms. The topological polar surface area (TPSA) is 61.1 Å². The minimum absolute atomic E-state index is 0.349. The van der Waals surface area contributed by atoms with E-state index in [1.54, 1.807) is 48.8 Å². The monoisotopic (exact) mass is 256 g/mol. The lowest BCUT2D eigenvalue weighted by Gasteiger charge is -2.01. The Morgan fingerprint density at radius 2 is 1.83 bits per heavy atom. The summed E-state index contributed by atoms with van der Waals surface area (Å²) in [5, 5.41) is 13.1. The van der Waals surface area contributed by atoms with Crippen LogP contribution >= 0.6 is 11.6 Å². The summed E-state index contributed by atoms with van der Waals surface area (Å²) in [5.74, 6) is 0. The van der Waals surface area contributed by atoms with Crippen molar-refractivity contribution >= 4 is 22.5 Å². The predicted molar refractivity (Wildman–Crippen MR) is 71.4 cm³/mol. The fraction of sp³-hybridized carbons (Fsp3) is 0. The molecule has 0 saturated carbocycles. The summed E-state index contributed by atoms with van der Waals surface area (Å²) in [6.45, 7) is 0. The van der Waals surface area contributed by atoms with Gasteiger partial charge in [-0.15, -0.1) is 0 Å². The van der Waals surface area contributed by atoms with E-state index >= 15 is 0 Å². The van der Waals surface area contributed by atoms with Crippen LogP contribution in [0.15, 0.2) is 53.9 Å². The number of hydrazone groups is 1. The first kappa shape index (κ1) is 12.1. The zero-order valence-corrected chi connectivity index (χ0v) is 10.1. The molecule has 2 aromatic rings. The Morgan fingerprint density at radius 3 is 2.44 bits per heavy atom. The Labute approximate surface area is 110 Å². The summed E-state index contributed by atoms with van der Waals surface area (Å²) in [7, 11) is 0. The first-order chi connectivity index (χ1) is 8.79. The van der Waals surface area contributed by atoms with E-state index in [0.29, 0.717) is 10.7 Å². The molecule has 1 aromatic heterocycles. The molecule has 1 N–H and O–H groups in total. The zero-order valence-electron chi connectivity index (χ0n) is 9.34. The van der Waals surface area contributed by atoms with Gasteiger partial charge in [-0.3, -0.25) is 10.4 Å². The van der Waals surface area contributed by atoms with E-state index in [0.717, 1.165) is 11.3 Å². The summed E-state index contributed by atoms with van der Waals surface area (Å²) in [4.78, 5) is 3.90. The third-order valence-corrected chi connectivity index (χ3v) is 2.52. The highest BCUT2D eigenvalue weighted by molar-refractivity contribution is 6.69. The quantitative estimate of drug-likeness (QED) is 0.678. The summed E-state index contributed by atoms with van der Waals surface area (Å²) in [5.41, 5.74) is 4.97. The number of aromatic nitrogens is 1. The van der Waals surface area contributed by atoms with Gasteiger partial charge in [-0.1, -0.05) is 11.6 Å². The molecule has 0 aliphatic heterocycles. The van der Waals surface area contributed by atoms with Gasteiger partial charge in [-0.05, 0) is 36.4 Å². The molecule has 0 bridgehead atoms. The van der Waals surface area contributed by atoms with Crippen molar-refractivity contribution in [3.8, 4) is 6.07 Å². The number of halogens is 1. The number of benzene rings is 1. The first-order valence-electron chi connectivity index (χ1n) is 5.19. The molecule has 5 heteroatoms. The molecular formula is C13H9ClN4. The van der Waals surface area contributed by atoms with Crippen LogP contribution in [-0.2, 0) is 0 Å². The molecule has 0 radical (unpaired) electrons. The summed E-state index contributed by atoms with van der Waals surface area (Å²) >= 11 is 6.02. The molecule has 2 rings (SSSR count). The Morgan fingerprint density at radius 1 is 1.17 bits per heavy atom. The molecule has 0 atom stereocenters. The number of anilines is 1. The number of nitrogens with zero attached hydrogens (tertiary/aromatic N) is 3. The minimum Gasteiger partial charge on any atom is -0.277 e. The number of hydrogen-bond acceptors (Lipinski definition) is 4. The average Bonchev–Trinajstić information content (AvgIpc) is 2.46. The van der Waals surface area contributed by atoms with Gasteiger partial charge in [0.1, 0.15) is 0 Å². The molecule has 4 nitrogen and oxygen atoms in total. The normalized spacial score (nSPS) is 10.8. The van der Waals surface area contributed by atoms with Gasteiger partial charge in [-0.2, -0.15) is 10.4 Å². The van der Waals surface area contributed by atoms with Crippen LogP contribution in [0, 0.1) is 11.3 Å². The minimum atomic E-state index is 0.349. The molecule has 0 spiro atoms. The van der Waals surface area contributed by atoms with Crippen LogP contribution in [0.3, 0.4) is 0 Å². The molecule has 1 aromatic carbocycles. The van der Waals surface area contributed by atoms with Crippen molar-refractivity contribution in [3.05, 3.63) is 59.9 Å². The number of nitrogens with one attached hydrogen (secondary N) is 1. The molecule has 88 valence electrons. The Balaban J connectivity index is 2.08. The first-order valence-corrected chi connectivity index (χ1v) is 5.57. The average molecular weight is 257 g/mol. The van der Waals surface area contributed by atoms with Gasteiger partial charge in [-0.25, -0.2) is 0 Å². The molecule has 0 saturated heterocycles. The Hall–Kier alpha value is -2.38. The lowest BCUT2D eigenvalue weighted by molar-refractivity contribution is 1.31. The number of pyridine rings is 1. The predicted octanol–water partition coefficient (Wildman–Crippen LogP) is 2.97. The van der Waals surface area contributed by atoms with Crippen molar-refractivity contribution in [3.63, 3.8) is 0 Å². The van der Waals surface area contributed by atoms with E-state index in [2.05, 4.69) is 15.5 Å². The highest BCUT2D eigenvalue weighted by Gasteiger charge is 1.98. The summed E-state index contributed by atoms with van der Waals surface area (Å²) in [6.07, 6.45) is 3.30. The van der Waals surface area contributed by atoms with Crippen LogP contribution in [0.5, 0.6) is 0 Å². The highest BCUT2D eigenvalue weighted by atomic mass is 35.5. The van der Waals surface area contributed by atoms with Crippen LogP contribution in [0.4, 0.5) is 5.69 Å². The maximum absolute atomic E-state index is 8.67. The summed E-state index contributed by atoms with van der Waals surface area (Å²) in [6, 6.07) is 12.5. The standard InChI is InChI=1S/C13H9ClN4/c14-13(11-5-7-16-8-6-11)18-17-12-3-1-10(9-15)2-4-12/h1-8,17H/b18-13+. The fourth-order valence-electron chi connectivity index (χ4n) is 1.29. The molecule has 0 aliphatic carbocycles.